The highest BCUT2D eigenvalue weighted by Gasteiger charge is 2.33. The van der Waals surface area contributed by atoms with Crippen molar-refractivity contribution >= 4 is 39.5 Å². The molecule has 1 aromatic heterocycles. The topological polar surface area (TPSA) is 180 Å². The molecule has 2 heterocycles. The van der Waals surface area contributed by atoms with Crippen LogP contribution in [0.2, 0.25) is 5.02 Å². The maximum Gasteiger partial charge on any atom is 0.326 e. The van der Waals surface area contributed by atoms with Crippen LogP contribution in [-0.4, -0.2) is 54.1 Å². The fourth-order valence-corrected chi connectivity index (χ4v) is 7.39. The minimum atomic E-state index is -4.13. The predicted molar refractivity (Wildman–Crippen MR) is 179 cm³/mol. The van der Waals surface area contributed by atoms with Crippen LogP contribution in [0.15, 0.2) is 52.3 Å². The number of carbonyl (C=O) groups excluding carboxylic acids is 1. The summed E-state index contributed by atoms with van der Waals surface area (Å²) in [5, 5.41) is 23.5. The van der Waals surface area contributed by atoms with Crippen molar-refractivity contribution in [2.24, 2.45) is 0 Å². The van der Waals surface area contributed by atoms with Gasteiger partial charge in [0.25, 0.3) is 21.5 Å². The van der Waals surface area contributed by atoms with Gasteiger partial charge in [-0.2, -0.15) is 0 Å². The Balaban J connectivity index is 1.35. The van der Waals surface area contributed by atoms with Crippen LogP contribution in [-0.2, 0) is 27.8 Å². The van der Waals surface area contributed by atoms with E-state index in [1.165, 1.54) is 22.9 Å². The van der Waals surface area contributed by atoms with Gasteiger partial charge in [0, 0.05) is 17.8 Å². The van der Waals surface area contributed by atoms with Gasteiger partial charge in [0.05, 0.1) is 11.4 Å². The molecule has 0 spiro atoms. The molecule has 0 bridgehead atoms. The summed E-state index contributed by atoms with van der Waals surface area (Å²) in [6, 6.07) is 8.46. The fourth-order valence-electron chi connectivity index (χ4n) is 5.65. The lowest BCUT2D eigenvalue weighted by Crippen LogP contribution is -2.44. The number of guanidine groups is 1. The summed E-state index contributed by atoms with van der Waals surface area (Å²) in [6.07, 6.45) is 3.04. The Morgan fingerprint density at radius 3 is 2.53 bits per heavy atom. The molecule has 0 fully saturated rings. The summed E-state index contributed by atoms with van der Waals surface area (Å²) in [4.78, 5) is 37.9. The van der Waals surface area contributed by atoms with Gasteiger partial charge in [-0.15, -0.1) is 0 Å². The van der Waals surface area contributed by atoms with Gasteiger partial charge in [-0.1, -0.05) is 23.7 Å². The van der Waals surface area contributed by atoms with Crippen LogP contribution in [0.5, 0.6) is 5.75 Å². The molecule has 0 unspecified atom stereocenters. The molecule has 47 heavy (non-hydrogen) atoms. The van der Waals surface area contributed by atoms with Crippen molar-refractivity contribution in [2.75, 3.05) is 6.54 Å². The SMILES string of the molecule is Cc1c(C)c(S(=O)(=O)NC(=N)NCCC[C@H](NC(=O)c2cccn(Cc3cccc(Cl)c3)c2=O)C(=O)O)c(C)c2c1OC(C)(C)CC2. The van der Waals surface area contributed by atoms with Gasteiger partial charge in [0.15, 0.2) is 0 Å². The first-order valence-corrected chi connectivity index (χ1v) is 17.0. The van der Waals surface area contributed by atoms with E-state index in [9.17, 15) is 27.9 Å². The standard InChI is InChI=1S/C33H40ClN5O7S/c1-19-20(2)28(21(3)24-13-14-33(4,5)46-27(19)24)47(44,45)38-32(35)36-15-7-12-26(31(42)43)37-29(40)25-11-8-16-39(30(25)41)18-22-9-6-10-23(34)17-22/h6,8-11,16-17,26H,7,12-15,18H2,1-5H3,(H,37,40)(H,42,43)(H3,35,36,38)/t26-/m0/s1. The van der Waals surface area contributed by atoms with Crippen LogP contribution < -0.4 is 25.7 Å². The van der Waals surface area contributed by atoms with Crippen LogP contribution >= 0.6 is 11.6 Å². The number of ether oxygens (including phenoxy) is 1. The van der Waals surface area contributed by atoms with Crippen molar-refractivity contribution in [2.45, 2.75) is 83.4 Å². The highest BCUT2D eigenvalue weighted by molar-refractivity contribution is 7.90. The zero-order chi connectivity index (χ0) is 34.7. The molecule has 0 saturated heterocycles. The van der Waals surface area contributed by atoms with Crippen molar-refractivity contribution < 1.29 is 27.9 Å². The van der Waals surface area contributed by atoms with Crippen LogP contribution in [0, 0.1) is 26.2 Å². The molecular weight excluding hydrogens is 646 g/mol. The van der Waals surface area contributed by atoms with Gasteiger partial charge >= 0.3 is 5.97 Å². The Kier molecular flexibility index (Phi) is 10.7. The van der Waals surface area contributed by atoms with Gasteiger partial charge in [-0.3, -0.25) is 15.0 Å². The molecule has 0 saturated carbocycles. The van der Waals surface area contributed by atoms with Crippen LogP contribution in [0.25, 0.3) is 0 Å². The van der Waals surface area contributed by atoms with E-state index in [1.807, 2.05) is 20.8 Å². The number of halogens is 1. The molecule has 1 aliphatic rings. The normalized spacial score (nSPS) is 14.3. The number of pyridine rings is 1. The monoisotopic (exact) mass is 685 g/mol. The lowest BCUT2D eigenvalue weighted by Gasteiger charge is -2.35. The lowest BCUT2D eigenvalue weighted by atomic mass is 9.88. The second-order valence-electron chi connectivity index (χ2n) is 12.3. The van der Waals surface area contributed by atoms with Crippen molar-refractivity contribution in [3.05, 3.63) is 91.4 Å². The van der Waals surface area contributed by atoms with Crippen LogP contribution in [0.4, 0.5) is 0 Å². The molecule has 0 radical (unpaired) electrons. The number of carbonyl (C=O) groups is 2. The number of carboxylic acids is 1. The highest BCUT2D eigenvalue weighted by atomic mass is 35.5. The smallest absolute Gasteiger partial charge is 0.326 e. The molecule has 14 heteroatoms. The van der Waals surface area contributed by atoms with Gasteiger partial charge in [-0.25, -0.2) is 17.9 Å². The summed E-state index contributed by atoms with van der Waals surface area (Å²) < 4.78 is 36.6. The van der Waals surface area contributed by atoms with Crippen LogP contribution in [0.1, 0.15) is 71.3 Å². The Morgan fingerprint density at radius 1 is 1.13 bits per heavy atom. The Labute approximate surface area is 279 Å². The molecule has 252 valence electrons. The second kappa shape index (κ2) is 14.2. The minimum Gasteiger partial charge on any atom is -0.487 e. The predicted octanol–water partition coefficient (Wildman–Crippen LogP) is 4.04. The molecule has 3 aromatic rings. The molecule has 0 aliphatic carbocycles. The summed E-state index contributed by atoms with van der Waals surface area (Å²) in [7, 11) is -4.13. The van der Waals surface area contributed by atoms with Gasteiger partial charge < -0.3 is 25.0 Å². The highest BCUT2D eigenvalue weighted by Crippen LogP contribution is 2.42. The second-order valence-corrected chi connectivity index (χ2v) is 14.3. The van der Waals surface area contributed by atoms with E-state index in [0.717, 1.165) is 23.1 Å². The van der Waals surface area contributed by atoms with Crippen molar-refractivity contribution in [1.82, 2.24) is 19.9 Å². The number of nitrogens with one attached hydrogen (secondary N) is 4. The van der Waals surface area contributed by atoms with E-state index >= 15 is 0 Å². The maximum atomic E-state index is 13.4. The number of fused-ring (bicyclic) bond motifs is 1. The third kappa shape index (κ3) is 8.33. The fraction of sp³-hybridized carbons (Fsp3) is 0.394. The Morgan fingerprint density at radius 2 is 1.85 bits per heavy atom. The first-order valence-electron chi connectivity index (χ1n) is 15.1. The van der Waals surface area contributed by atoms with Gasteiger partial charge in [0.1, 0.15) is 23.0 Å². The van der Waals surface area contributed by atoms with E-state index in [1.54, 1.807) is 38.1 Å². The van der Waals surface area contributed by atoms with Crippen molar-refractivity contribution in [1.29, 1.82) is 5.41 Å². The third-order valence-electron chi connectivity index (χ3n) is 8.25. The van der Waals surface area contributed by atoms with E-state index < -0.39 is 39.5 Å². The molecule has 5 N–H and O–H groups in total. The number of rotatable bonds is 11. The number of amides is 1. The average Bonchev–Trinajstić information content (AvgIpc) is 2.97. The van der Waals surface area contributed by atoms with Crippen molar-refractivity contribution in [3.8, 4) is 5.75 Å². The first-order chi connectivity index (χ1) is 22.0. The Hall–Kier alpha value is -4.36. The van der Waals surface area contributed by atoms with Crippen LogP contribution in [0.3, 0.4) is 0 Å². The number of sulfonamides is 1. The maximum absolute atomic E-state index is 13.4. The summed E-state index contributed by atoms with van der Waals surface area (Å²) in [5.41, 5.74) is 2.27. The number of hydrogen-bond acceptors (Lipinski definition) is 7. The number of aromatic nitrogens is 1. The molecule has 12 nitrogen and oxygen atoms in total. The van der Waals surface area contributed by atoms with Gasteiger partial charge in [-0.05, 0) is 112 Å². The summed E-state index contributed by atoms with van der Waals surface area (Å²) in [6.45, 7) is 9.48. The van der Waals surface area contributed by atoms with E-state index in [2.05, 4.69) is 15.4 Å². The number of aliphatic carboxylic acids is 1. The minimum absolute atomic E-state index is 0.0445. The summed E-state index contributed by atoms with van der Waals surface area (Å²) in [5.74, 6) is -1.90. The zero-order valence-electron chi connectivity index (χ0n) is 27.0. The molecule has 4 rings (SSSR count). The molecule has 1 aliphatic heterocycles. The van der Waals surface area contributed by atoms with E-state index in [4.69, 9.17) is 21.7 Å². The lowest BCUT2D eigenvalue weighted by molar-refractivity contribution is -0.139. The molecule has 1 amide bonds. The van der Waals surface area contributed by atoms with E-state index in [0.29, 0.717) is 28.3 Å². The Bertz CT molecular complexity index is 1890. The third-order valence-corrected chi connectivity index (χ3v) is 10.1. The molecular formula is C33H40ClN5O7S. The number of benzene rings is 2. The largest absolute Gasteiger partial charge is 0.487 e. The zero-order valence-corrected chi connectivity index (χ0v) is 28.6. The van der Waals surface area contributed by atoms with Gasteiger partial charge in [0.2, 0.25) is 5.96 Å². The van der Waals surface area contributed by atoms with E-state index in [-0.39, 0.29) is 42.0 Å². The molecule has 1 atom stereocenters. The number of hydrogen-bond donors (Lipinski definition) is 5. The van der Waals surface area contributed by atoms with Crippen molar-refractivity contribution in [3.63, 3.8) is 0 Å². The number of nitrogens with zero attached hydrogens (tertiary/aromatic N) is 1. The summed E-state index contributed by atoms with van der Waals surface area (Å²) >= 11 is 6.03. The average molecular weight is 686 g/mol. The number of carboxylic acid groups (broad SMARTS) is 1. The quantitative estimate of drug-likeness (QED) is 0.114. The molecule has 2 aromatic carbocycles. The first kappa shape index (κ1) is 35.5.